The van der Waals surface area contributed by atoms with Crippen molar-refractivity contribution in [2.24, 2.45) is 0 Å². The van der Waals surface area contributed by atoms with Crippen molar-refractivity contribution in [3.8, 4) is 6.07 Å². The van der Waals surface area contributed by atoms with E-state index in [2.05, 4.69) is 18.3 Å². The highest BCUT2D eigenvalue weighted by Gasteiger charge is 2.16. The van der Waals surface area contributed by atoms with Gasteiger partial charge in [-0.3, -0.25) is 0 Å². The van der Waals surface area contributed by atoms with E-state index in [1.54, 1.807) is 11.3 Å². The largest absolute Gasteiger partial charge is 0.377 e. The minimum Gasteiger partial charge on any atom is -0.377 e. The zero-order chi connectivity index (χ0) is 11.4. The Kier molecular flexibility index (Phi) is 3.94. The van der Waals surface area contributed by atoms with Crippen LogP contribution >= 0.6 is 11.3 Å². The van der Waals surface area contributed by atoms with Crippen LogP contribution in [0.4, 0.5) is 0 Å². The molecule has 0 amide bonds. The van der Waals surface area contributed by atoms with E-state index in [-0.39, 0.29) is 0 Å². The molecule has 4 heteroatoms. The van der Waals surface area contributed by atoms with E-state index >= 15 is 0 Å². The van der Waals surface area contributed by atoms with E-state index in [4.69, 9.17) is 10.00 Å². The highest BCUT2D eigenvalue weighted by atomic mass is 32.1. The van der Waals surface area contributed by atoms with Crippen molar-refractivity contribution in [1.82, 2.24) is 5.32 Å². The smallest absolute Gasteiger partial charge is 0.110 e. The first kappa shape index (κ1) is 11.6. The van der Waals surface area contributed by atoms with E-state index < -0.39 is 0 Å². The molecule has 0 spiro atoms. The molecule has 1 fully saturated rings. The minimum absolute atomic E-state index is 0.302. The fourth-order valence-corrected chi connectivity index (χ4v) is 2.69. The number of nitrogens with zero attached hydrogens (tertiary/aromatic N) is 1. The van der Waals surface area contributed by atoms with Gasteiger partial charge in [-0.25, -0.2) is 0 Å². The zero-order valence-corrected chi connectivity index (χ0v) is 10.2. The molecule has 0 aliphatic carbocycles. The second-order valence-corrected chi connectivity index (χ2v) is 5.19. The third kappa shape index (κ3) is 2.82. The normalized spacial score (nSPS) is 21.9. The second kappa shape index (κ2) is 5.44. The van der Waals surface area contributed by atoms with Crippen LogP contribution in [0.1, 0.15) is 35.6 Å². The molecule has 2 rings (SSSR count). The molecule has 0 aromatic carbocycles. The van der Waals surface area contributed by atoms with Gasteiger partial charge < -0.3 is 10.1 Å². The zero-order valence-electron chi connectivity index (χ0n) is 9.40. The van der Waals surface area contributed by atoms with E-state index in [1.165, 1.54) is 11.3 Å². The number of nitriles is 1. The lowest BCUT2D eigenvalue weighted by Crippen LogP contribution is -2.28. The Morgan fingerprint density at radius 3 is 3.19 bits per heavy atom. The molecule has 86 valence electrons. The Morgan fingerprint density at radius 2 is 2.56 bits per heavy atom. The van der Waals surface area contributed by atoms with Crippen LogP contribution in [0.15, 0.2) is 12.1 Å². The van der Waals surface area contributed by atoms with E-state index in [0.717, 1.165) is 24.4 Å². The molecule has 16 heavy (non-hydrogen) atoms. The van der Waals surface area contributed by atoms with Crippen molar-refractivity contribution in [3.63, 3.8) is 0 Å². The van der Waals surface area contributed by atoms with E-state index in [9.17, 15) is 0 Å². The van der Waals surface area contributed by atoms with E-state index in [0.29, 0.717) is 12.1 Å². The summed E-state index contributed by atoms with van der Waals surface area (Å²) in [6.07, 6.45) is 2.71. The predicted octanol–water partition coefficient (Wildman–Crippen LogP) is 2.45. The molecule has 2 atom stereocenters. The third-order valence-electron chi connectivity index (χ3n) is 2.84. The van der Waals surface area contributed by atoms with Gasteiger partial charge in [-0.2, -0.15) is 5.26 Å². The van der Waals surface area contributed by atoms with Gasteiger partial charge in [0.2, 0.25) is 0 Å². The topological polar surface area (TPSA) is 45.0 Å². The molecule has 2 unspecified atom stereocenters. The first-order valence-electron chi connectivity index (χ1n) is 5.64. The summed E-state index contributed by atoms with van der Waals surface area (Å²) in [6.45, 7) is 3.93. The molecule has 0 radical (unpaired) electrons. The Labute approximate surface area is 100 Å². The summed E-state index contributed by atoms with van der Waals surface area (Å²) in [5.74, 6) is 0. The Hall–Kier alpha value is -0.890. The van der Waals surface area contributed by atoms with Crippen LogP contribution in [0.3, 0.4) is 0 Å². The van der Waals surface area contributed by atoms with Gasteiger partial charge in [-0.15, -0.1) is 11.3 Å². The van der Waals surface area contributed by atoms with E-state index in [1.807, 2.05) is 12.1 Å². The minimum atomic E-state index is 0.302. The van der Waals surface area contributed by atoms with Gasteiger partial charge in [0, 0.05) is 24.1 Å². The lowest BCUT2D eigenvalue weighted by atomic mass is 10.2. The summed E-state index contributed by atoms with van der Waals surface area (Å²) in [5.41, 5.74) is 0. The number of thiophene rings is 1. The molecule has 1 saturated heterocycles. The van der Waals surface area contributed by atoms with Gasteiger partial charge in [-0.05, 0) is 31.9 Å². The van der Waals surface area contributed by atoms with Gasteiger partial charge in [0.1, 0.15) is 10.9 Å². The summed E-state index contributed by atoms with van der Waals surface area (Å²) in [5, 5.41) is 12.2. The molecule has 1 aromatic heterocycles. The molecule has 3 nitrogen and oxygen atoms in total. The number of ether oxygens (including phenoxy) is 1. The molecule has 2 heterocycles. The maximum Gasteiger partial charge on any atom is 0.110 e. The van der Waals surface area contributed by atoms with Crippen molar-refractivity contribution in [2.75, 3.05) is 13.2 Å². The number of hydrogen-bond acceptors (Lipinski definition) is 4. The van der Waals surface area contributed by atoms with Crippen molar-refractivity contribution in [1.29, 1.82) is 5.26 Å². The Balaban J connectivity index is 1.82. The summed E-state index contributed by atoms with van der Waals surface area (Å²) < 4.78 is 5.55. The maximum absolute atomic E-state index is 8.76. The molecule has 1 N–H and O–H groups in total. The average molecular weight is 236 g/mol. The monoisotopic (exact) mass is 236 g/mol. The highest BCUT2D eigenvalue weighted by molar-refractivity contribution is 7.12. The Morgan fingerprint density at radius 1 is 1.69 bits per heavy atom. The molecule has 1 aliphatic rings. The lowest BCUT2D eigenvalue weighted by Gasteiger charge is -2.15. The summed E-state index contributed by atoms with van der Waals surface area (Å²) in [6, 6.07) is 6.37. The summed E-state index contributed by atoms with van der Waals surface area (Å²) in [7, 11) is 0. The molecule has 1 aliphatic heterocycles. The van der Waals surface area contributed by atoms with Crippen LogP contribution in [0, 0.1) is 11.3 Å². The quantitative estimate of drug-likeness (QED) is 0.873. The number of hydrogen-bond donors (Lipinski definition) is 1. The Bertz CT molecular complexity index is 377. The molecule has 0 saturated carbocycles. The predicted molar refractivity (Wildman–Crippen MR) is 64.4 cm³/mol. The fraction of sp³-hybridized carbons (Fsp3) is 0.583. The summed E-state index contributed by atoms with van der Waals surface area (Å²) in [4.78, 5) is 2.00. The highest BCUT2D eigenvalue weighted by Crippen LogP contribution is 2.22. The number of rotatable bonds is 4. The van der Waals surface area contributed by atoms with Crippen molar-refractivity contribution >= 4 is 11.3 Å². The van der Waals surface area contributed by atoms with Crippen molar-refractivity contribution in [2.45, 2.75) is 31.9 Å². The van der Waals surface area contributed by atoms with Crippen LogP contribution in [0.25, 0.3) is 0 Å². The van der Waals surface area contributed by atoms with Crippen LogP contribution in [0.5, 0.6) is 0 Å². The average Bonchev–Trinajstić information content (AvgIpc) is 2.96. The maximum atomic E-state index is 8.76. The standard InChI is InChI=1S/C12H16N2OS/c1-9(12-5-4-11(7-13)16-12)14-8-10-3-2-6-15-10/h4-5,9-10,14H,2-3,6,8H2,1H3. The molecule has 0 bridgehead atoms. The van der Waals surface area contributed by atoms with Crippen LogP contribution in [-0.4, -0.2) is 19.3 Å². The third-order valence-corrected chi connectivity index (χ3v) is 4.01. The molecule has 1 aromatic rings. The fourth-order valence-electron chi connectivity index (χ4n) is 1.86. The SMILES string of the molecule is CC(NCC1CCCO1)c1ccc(C#N)s1. The first-order chi connectivity index (χ1) is 7.79. The second-order valence-electron chi connectivity index (χ2n) is 4.08. The van der Waals surface area contributed by atoms with Gasteiger partial charge in [-0.1, -0.05) is 0 Å². The van der Waals surface area contributed by atoms with Gasteiger partial charge in [0.05, 0.1) is 6.10 Å². The van der Waals surface area contributed by atoms with Crippen molar-refractivity contribution in [3.05, 3.63) is 21.9 Å². The van der Waals surface area contributed by atoms with Gasteiger partial charge >= 0.3 is 0 Å². The van der Waals surface area contributed by atoms with Crippen LogP contribution in [0.2, 0.25) is 0 Å². The van der Waals surface area contributed by atoms with Gasteiger partial charge in [0.25, 0.3) is 0 Å². The van der Waals surface area contributed by atoms with Crippen LogP contribution < -0.4 is 5.32 Å². The van der Waals surface area contributed by atoms with Crippen LogP contribution in [-0.2, 0) is 4.74 Å². The van der Waals surface area contributed by atoms with Crippen molar-refractivity contribution < 1.29 is 4.74 Å². The first-order valence-corrected chi connectivity index (χ1v) is 6.46. The van der Waals surface area contributed by atoms with Gasteiger partial charge in [0.15, 0.2) is 0 Å². The lowest BCUT2D eigenvalue weighted by molar-refractivity contribution is 0.108. The summed E-state index contributed by atoms with van der Waals surface area (Å²) >= 11 is 1.56. The molecular formula is C12H16N2OS. The molecular weight excluding hydrogens is 220 g/mol. The number of nitrogens with one attached hydrogen (secondary N) is 1.